The van der Waals surface area contributed by atoms with Crippen LogP contribution in [0.25, 0.3) is 0 Å². The van der Waals surface area contributed by atoms with Crippen molar-refractivity contribution in [3.63, 3.8) is 0 Å². The lowest BCUT2D eigenvalue weighted by molar-refractivity contribution is 0.937. The molecule has 0 N–H and O–H groups in total. The van der Waals surface area contributed by atoms with E-state index in [4.69, 9.17) is 0 Å². The van der Waals surface area contributed by atoms with Gasteiger partial charge in [-0.3, -0.25) is 0 Å². The van der Waals surface area contributed by atoms with E-state index in [1.54, 1.807) is 0 Å². The van der Waals surface area contributed by atoms with Crippen LogP contribution in [0.5, 0.6) is 0 Å². The van der Waals surface area contributed by atoms with Crippen LogP contribution in [0, 0.1) is 6.42 Å². The molecule has 0 fully saturated rings. The van der Waals surface area contributed by atoms with Crippen LogP contribution >= 0.6 is 0 Å². The summed E-state index contributed by atoms with van der Waals surface area (Å²) in [6.45, 7) is 5.93. The number of hydrogen-bond donors (Lipinski definition) is 0. The number of benzene rings is 1. The Bertz CT molecular complexity index is 233. The Morgan fingerprint density at radius 1 is 1.33 bits per heavy atom. The molecular formula is C12H15. The van der Waals surface area contributed by atoms with Gasteiger partial charge < -0.3 is 0 Å². The first-order chi connectivity index (χ1) is 5.79. The molecule has 0 aliphatic heterocycles. The molecule has 0 saturated carbocycles. The third-order valence-corrected chi connectivity index (χ3v) is 1.75. The third kappa shape index (κ3) is 3.38. The molecule has 1 rings (SSSR count). The smallest absolute Gasteiger partial charge is 0.00899 e. The van der Waals surface area contributed by atoms with E-state index < -0.39 is 0 Å². The molecule has 0 aliphatic rings. The fourth-order valence-corrected chi connectivity index (χ4v) is 1.07. The Balaban J connectivity index is 2.29. The van der Waals surface area contributed by atoms with E-state index in [0.717, 1.165) is 12.8 Å². The lowest BCUT2D eigenvalue weighted by atomic mass is 10.1. The van der Waals surface area contributed by atoms with Gasteiger partial charge in [-0.05, 0) is 31.7 Å². The van der Waals surface area contributed by atoms with E-state index in [9.17, 15) is 0 Å². The van der Waals surface area contributed by atoms with Crippen LogP contribution in [0.3, 0.4) is 0 Å². The molecule has 0 heterocycles. The van der Waals surface area contributed by atoms with Gasteiger partial charge >= 0.3 is 0 Å². The van der Waals surface area contributed by atoms with Gasteiger partial charge in [0.15, 0.2) is 0 Å². The highest BCUT2D eigenvalue weighted by molar-refractivity contribution is 5.22. The minimum absolute atomic E-state index is 1.09. The fraction of sp³-hybridized carbons (Fsp3) is 0.250. The zero-order chi connectivity index (χ0) is 8.81. The second-order valence-corrected chi connectivity index (χ2v) is 3.11. The van der Waals surface area contributed by atoms with Crippen molar-refractivity contribution < 1.29 is 0 Å². The topological polar surface area (TPSA) is 0 Å². The summed E-state index contributed by atoms with van der Waals surface area (Å²) in [5, 5.41) is 0. The molecule has 63 valence electrons. The van der Waals surface area contributed by atoms with Crippen molar-refractivity contribution in [3.8, 4) is 0 Å². The van der Waals surface area contributed by atoms with Crippen molar-refractivity contribution in [1.29, 1.82) is 0 Å². The summed E-state index contributed by atoms with van der Waals surface area (Å²) in [7, 11) is 0. The van der Waals surface area contributed by atoms with Crippen molar-refractivity contribution in [1.82, 2.24) is 0 Å². The van der Waals surface area contributed by atoms with Crippen molar-refractivity contribution in [2.45, 2.75) is 19.8 Å². The summed E-state index contributed by atoms with van der Waals surface area (Å²) in [5.41, 5.74) is 2.56. The average molecular weight is 159 g/mol. The Kier molecular flexibility index (Phi) is 3.59. The lowest BCUT2D eigenvalue weighted by Gasteiger charge is -1.99. The zero-order valence-electron chi connectivity index (χ0n) is 7.59. The Morgan fingerprint density at radius 2 is 2.00 bits per heavy atom. The van der Waals surface area contributed by atoms with E-state index in [1.807, 2.05) is 6.07 Å². The van der Waals surface area contributed by atoms with Crippen molar-refractivity contribution in [3.05, 3.63) is 54.5 Å². The highest BCUT2D eigenvalue weighted by atomic mass is 14.0. The minimum Gasteiger partial charge on any atom is -0.100 e. The summed E-state index contributed by atoms with van der Waals surface area (Å²) in [6.07, 6.45) is 4.43. The second kappa shape index (κ2) is 4.76. The van der Waals surface area contributed by atoms with E-state index in [2.05, 4.69) is 44.2 Å². The largest absolute Gasteiger partial charge is 0.100 e. The SMILES string of the molecule is C=C(C)CC[CH]c1ccccc1. The molecule has 0 amide bonds. The second-order valence-electron chi connectivity index (χ2n) is 3.11. The zero-order valence-corrected chi connectivity index (χ0v) is 7.59. The van der Waals surface area contributed by atoms with Gasteiger partial charge in [-0.1, -0.05) is 35.9 Å². The molecule has 1 radical (unpaired) electrons. The molecule has 12 heavy (non-hydrogen) atoms. The summed E-state index contributed by atoms with van der Waals surface area (Å²) >= 11 is 0. The molecule has 0 nitrogen and oxygen atoms in total. The Labute approximate surface area is 74.9 Å². The highest BCUT2D eigenvalue weighted by Crippen LogP contribution is 2.09. The molecule has 0 spiro atoms. The molecule has 0 bridgehead atoms. The van der Waals surface area contributed by atoms with Gasteiger partial charge in [-0.15, -0.1) is 6.58 Å². The maximum Gasteiger partial charge on any atom is -0.00899 e. The van der Waals surface area contributed by atoms with Gasteiger partial charge in [0.25, 0.3) is 0 Å². The molecule has 0 unspecified atom stereocenters. The lowest BCUT2D eigenvalue weighted by Crippen LogP contribution is -1.81. The summed E-state index contributed by atoms with van der Waals surface area (Å²) < 4.78 is 0. The molecule has 0 aromatic heterocycles. The predicted octanol–water partition coefficient (Wildman–Crippen LogP) is 3.60. The predicted molar refractivity (Wildman–Crippen MR) is 53.9 cm³/mol. The van der Waals surface area contributed by atoms with E-state index >= 15 is 0 Å². The monoisotopic (exact) mass is 159 g/mol. The Morgan fingerprint density at radius 3 is 2.58 bits per heavy atom. The van der Waals surface area contributed by atoms with Crippen LogP contribution in [0.4, 0.5) is 0 Å². The van der Waals surface area contributed by atoms with Crippen LogP contribution < -0.4 is 0 Å². The fourth-order valence-electron chi connectivity index (χ4n) is 1.07. The summed E-state index contributed by atoms with van der Waals surface area (Å²) in [4.78, 5) is 0. The quantitative estimate of drug-likeness (QED) is 0.589. The molecule has 0 aliphatic carbocycles. The first-order valence-corrected chi connectivity index (χ1v) is 4.31. The van der Waals surface area contributed by atoms with Gasteiger partial charge in [0.1, 0.15) is 0 Å². The van der Waals surface area contributed by atoms with E-state index in [1.165, 1.54) is 11.1 Å². The molecular weight excluding hydrogens is 144 g/mol. The van der Waals surface area contributed by atoms with Gasteiger partial charge in [-0.2, -0.15) is 0 Å². The standard InChI is InChI=1S/C12H15/c1-11(2)7-6-10-12-8-4-3-5-9-12/h3-5,8-10H,1,6-7H2,2H3. The number of rotatable bonds is 4. The third-order valence-electron chi connectivity index (χ3n) is 1.75. The van der Waals surface area contributed by atoms with Gasteiger partial charge in [0, 0.05) is 0 Å². The average Bonchev–Trinajstić information content (AvgIpc) is 2.05. The first kappa shape index (κ1) is 9.05. The normalized spacial score (nSPS) is 9.75. The van der Waals surface area contributed by atoms with Crippen molar-refractivity contribution in [2.75, 3.05) is 0 Å². The molecule has 0 atom stereocenters. The van der Waals surface area contributed by atoms with Crippen LogP contribution in [0.15, 0.2) is 42.5 Å². The van der Waals surface area contributed by atoms with Crippen LogP contribution in [0.1, 0.15) is 25.3 Å². The molecule has 0 saturated heterocycles. The van der Waals surface area contributed by atoms with Crippen molar-refractivity contribution in [2.24, 2.45) is 0 Å². The first-order valence-electron chi connectivity index (χ1n) is 4.31. The van der Waals surface area contributed by atoms with Gasteiger partial charge in [0.2, 0.25) is 0 Å². The van der Waals surface area contributed by atoms with Crippen LogP contribution in [-0.2, 0) is 0 Å². The van der Waals surface area contributed by atoms with Gasteiger partial charge in [-0.25, -0.2) is 0 Å². The maximum atomic E-state index is 3.87. The summed E-state index contributed by atoms with van der Waals surface area (Å²) in [5.74, 6) is 0. The highest BCUT2D eigenvalue weighted by Gasteiger charge is 1.91. The minimum atomic E-state index is 1.09. The number of hydrogen-bond acceptors (Lipinski definition) is 0. The summed E-state index contributed by atoms with van der Waals surface area (Å²) in [6, 6.07) is 10.4. The van der Waals surface area contributed by atoms with Crippen LogP contribution in [-0.4, -0.2) is 0 Å². The molecule has 1 aromatic carbocycles. The van der Waals surface area contributed by atoms with Gasteiger partial charge in [0.05, 0.1) is 0 Å². The van der Waals surface area contributed by atoms with Crippen LogP contribution in [0.2, 0.25) is 0 Å². The molecule has 0 heteroatoms. The maximum absolute atomic E-state index is 3.87. The Hall–Kier alpha value is -1.04. The van der Waals surface area contributed by atoms with E-state index in [0.29, 0.717) is 0 Å². The molecule has 1 aromatic rings. The van der Waals surface area contributed by atoms with Crippen molar-refractivity contribution >= 4 is 0 Å². The number of allylic oxidation sites excluding steroid dienone is 1. The van der Waals surface area contributed by atoms with E-state index in [-0.39, 0.29) is 0 Å².